The second kappa shape index (κ2) is 6.29. The van der Waals surface area contributed by atoms with E-state index in [-0.39, 0.29) is 38.5 Å². The van der Waals surface area contributed by atoms with Crippen LogP contribution in [0.3, 0.4) is 0 Å². The van der Waals surface area contributed by atoms with Crippen LogP contribution in [0.4, 0.5) is 13.2 Å². The van der Waals surface area contributed by atoms with Crippen LogP contribution in [0.2, 0.25) is 0 Å². The molecule has 28 heavy (non-hydrogen) atoms. The van der Waals surface area contributed by atoms with Crippen LogP contribution < -0.4 is 0 Å². The highest BCUT2D eigenvalue weighted by atomic mass is 19.4. The molecule has 0 amide bonds. The number of carbonyl (C=O) groups is 4. The summed E-state index contributed by atoms with van der Waals surface area (Å²) >= 11 is 0. The summed E-state index contributed by atoms with van der Waals surface area (Å²) in [6.07, 6.45) is -3.98. The highest BCUT2D eigenvalue weighted by Gasteiger charge is 2.64. The quantitative estimate of drug-likeness (QED) is 0.522. The van der Waals surface area contributed by atoms with Crippen LogP contribution in [-0.2, 0) is 28.7 Å². The molecule has 0 aromatic rings. The van der Waals surface area contributed by atoms with Gasteiger partial charge in [-0.3, -0.25) is 19.2 Å². The van der Waals surface area contributed by atoms with Gasteiger partial charge in [0.25, 0.3) is 0 Å². The molecule has 4 fully saturated rings. The Morgan fingerprint density at radius 3 is 1.39 bits per heavy atom. The third-order valence-electron chi connectivity index (χ3n) is 7.62. The second-order valence-corrected chi connectivity index (χ2v) is 8.71. The fourth-order valence-corrected chi connectivity index (χ4v) is 5.81. The van der Waals surface area contributed by atoms with Gasteiger partial charge in [-0.15, -0.1) is 0 Å². The van der Waals surface area contributed by atoms with Crippen LogP contribution in [0.1, 0.15) is 45.4 Å². The first-order valence-corrected chi connectivity index (χ1v) is 9.61. The van der Waals surface area contributed by atoms with Gasteiger partial charge in [0.05, 0.1) is 29.1 Å². The van der Waals surface area contributed by atoms with Gasteiger partial charge in [0.2, 0.25) is 0 Å². The number of carbonyl (C=O) groups excluding carboxylic acids is 4. The molecule has 4 aliphatic rings. The molecule has 0 radical (unpaired) electrons. The highest BCUT2D eigenvalue weighted by Crippen LogP contribution is 2.60. The molecule has 6 nitrogen and oxygen atoms in total. The Bertz CT molecular complexity index is 692. The topological polar surface area (TPSA) is 86.7 Å². The van der Waals surface area contributed by atoms with Gasteiger partial charge in [-0.25, -0.2) is 0 Å². The number of fused-ring (bicyclic) bond motifs is 2. The molecule has 0 aromatic carbocycles. The van der Waals surface area contributed by atoms with Gasteiger partial charge >= 0.3 is 30.1 Å². The van der Waals surface area contributed by atoms with Crippen LogP contribution in [0.15, 0.2) is 0 Å². The van der Waals surface area contributed by atoms with E-state index in [0.717, 1.165) is 6.92 Å². The van der Waals surface area contributed by atoms with Crippen molar-refractivity contribution in [2.24, 2.45) is 40.9 Å². The van der Waals surface area contributed by atoms with Crippen LogP contribution in [-0.4, -0.2) is 30.1 Å². The first-order valence-electron chi connectivity index (χ1n) is 9.61. The lowest BCUT2D eigenvalue weighted by Crippen LogP contribution is -2.52. The van der Waals surface area contributed by atoms with Crippen LogP contribution in [0.5, 0.6) is 0 Å². The van der Waals surface area contributed by atoms with Crippen molar-refractivity contribution < 1.29 is 41.8 Å². The van der Waals surface area contributed by atoms with Gasteiger partial charge in [-0.2, -0.15) is 13.2 Å². The molecule has 6 unspecified atom stereocenters. The zero-order chi connectivity index (χ0) is 20.4. The van der Waals surface area contributed by atoms with Gasteiger partial charge in [0.15, 0.2) is 0 Å². The SMILES string of the molecule is CC(C1CCC2C(=O)OC(=O)C2C1)(C1CCC2C(=O)OC(=O)C2C1)C(F)(F)F. The molecule has 9 heteroatoms. The summed E-state index contributed by atoms with van der Waals surface area (Å²) in [5.41, 5.74) is -2.12. The normalized spacial score (nSPS) is 40.4. The predicted octanol–water partition coefficient (Wildman–Crippen LogP) is 2.79. The lowest BCUT2D eigenvalue weighted by molar-refractivity contribution is -0.266. The number of hydrogen-bond donors (Lipinski definition) is 0. The largest absolute Gasteiger partial charge is 0.394 e. The minimum atomic E-state index is -4.55. The average molecular weight is 402 g/mol. The van der Waals surface area contributed by atoms with E-state index in [2.05, 4.69) is 9.47 Å². The van der Waals surface area contributed by atoms with E-state index in [1.54, 1.807) is 0 Å². The number of rotatable bonds is 2. The van der Waals surface area contributed by atoms with Crippen LogP contribution >= 0.6 is 0 Å². The maximum absolute atomic E-state index is 14.3. The smallest absolute Gasteiger partial charge is 0.393 e. The van der Waals surface area contributed by atoms with E-state index >= 15 is 0 Å². The van der Waals surface area contributed by atoms with Crippen LogP contribution in [0.25, 0.3) is 0 Å². The molecule has 2 aliphatic heterocycles. The van der Waals surface area contributed by atoms with Crippen molar-refractivity contribution in [3.63, 3.8) is 0 Å². The van der Waals surface area contributed by atoms with E-state index in [0.29, 0.717) is 0 Å². The number of esters is 4. The number of ether oxygens (including phenoxy) is 2. The van der Waals surface area contributed by atoms with Gasteiger partial charge < -0.3 is 9.47 Å². The van der Waals surface area contributed by atoms with Gasteiger partial charge in [0.1, 0.15) is 0 Å². The van der Waals surface area contributed by atoms with Gasteiger partial charge in [-0.1, -0.05) is 6.92 Å². The summed E-state index contributed by atoms with van der Waals surface area (Å²) in [5, 5.41) is 0. The summed E-state index contributed by atoms with van der Waals surface area (Å²) < 4.78 is 52.3. The maximum atomic E-state index is 14.3. The molecule has 0 bridgehead atoms. The Hall–Kier alpha value is -1.93. The van der Waals surface area contributed by atoms with Crippen molar-refractivity contribution in [3.8, 4) is 0 Å². The Kier molecular flexibility index (Phi) is 4.35. The Labute approximate surface area is 159 Å². The van der Waals surface area contributed by atoms with E-state index in [1.165, 1.54) is 0 Å². The molecule has 4 rings (SSSR count). The third-order valence-corrected chi connectivity index (χ3v) is 7.62. The van der Waals surface area contributed by atoms with Crippen molar-refractivity contribution >= 4 is 23.9 Å². The fraction of sp³-hybridized carbons (Fsp3) is 0.789. The molecule has 0 N–H and O–H groups in total. The van der Waals surface area contributed by atoms with E-state index in [9.17, 15) is 32.3 Å². The van der Waals surface area contributed by atoms with Crippen LogP contribution in [0, 0.1) is 40.9 Å². The summed E-state index contributed by atoms with van der Waals surface area (Å²) in [6.45, 7) is 1.16. The zero-order valence-electron chi connectivity index (χ0n) is 15.3. The average Bonchev–Trinajstić information content (AvgIpc) is 3.08. The maximum Gasteiger partial charge on any atom is 0.394 e. The zero-order valence-corrected chi connectivity index (χ0v) is 15.3. The monoisotopic (exact) mass is 402 g/mol. The Balaban J connectivity index is 1.61. The Morgan fingerprint density at radius 2 is 1.04 bits per heavy atom. The number of alkyl halides is 3. The van der Waals surface area contributed by atoms with E-state index in [1.807, 2.05) is 0 Å². The fourth-order valence-electron chi connectivity index (χ4n) is 5.81. The molecule has 2 aliphatic carbocycles. The lowest BCUT2D eigenvalue weighted by atomic mass is 9.55. The molecular formula is C19H21F3O6. The van der Waals surface area contributed by atoms with E-state index < -0.39 is 71.0 Å². The molecule has 154 valence electrons. The summed E-state index contributed by atoms with van der Waals surface area (Å²) in [7, 11) is 0. The van der Waals surface area contributed by atoms with Gasteiger partial charge in [-0.05, 0) is 50.4 Å². The summed E-state index contributed by atoms with van der Waals surface area (Å²) in [4.78, 5) is 47.3. The van der Waals surface area contributed by atoms with Crippen molar-refractivity contribution in [2.75, 3.05) is 0 Å². The lowest BCUT2D eigenvalue weighted by Gasteiger charge is -2.49. The first-order chi connectivity index (χ1) is 13.0. The molecule has 2 saturated carbocycles. The van der Waals surface area contributed by atoms with Gasteiger partial charge in [0, 0.05) is 0 Å². The Morgan fingerprint density at radius 1 is 0.679 bits per heavy atom. The first kappa shape index (κ1) is 19.4. The standard InChI is InChI=1S/C19H21F3O6/c1-18(19(20,21)22,8-2-4-10-12(6-8)16(25)27-14(10)23)9-3-5-11-13(7-9)17(26)28-15(11)24/h8-13H,2-7H2,1H3. The molecule has 6 atom stereocenters. The van der Waals surface area contributed by atoms with Crippen molar-refractivity contribution in [2.45, 2.75) is 51.6 Å². The van der Waals surface area contributed by atoms with Crippen molar-refractivity contribution in [3.05, 3.63) is 0 Å². The number of hydrogen-bond acceptors (Lipinski definition) is 6. The highest BCUT2D eigenvalue weighted by molar-refractivity contribution is 5.97. The van der Waals surface area contributed by atoms with E-state index in [4.69, 9.17) is 0 Å². The molecule has 0 spiro atoms. The van der Waals surface area contributed by atoms with Crippen molar-refractivity contribution in [1.29, 1.82) is 0 Å². The minimum Gasteiger partial charge on any atom is -0.393 e. The minimum absolute atomic E-state index is 0.0563. The van der Waals surface area contributed by atoms with Crippen molar-refractivity contribution in [1.82, 2.24) is 0 Å². The third kappa shape index (κ3) is 2.69. The summed E-state index contributed by atoms with van der Waals surface area (Å²) in [6, 6.07) is 0. The molecule has 2 saturated heterocycles. The number of halogens is 3. The molecule has 2 heterocycles. The summed E-state index contributed by atoms with van der Waals surface area (Å²) in [5.74, 6) is -7.45. The predicted molar refractivity (Wildman–Crippen MR) is 85.0 cm³/mol. The molecular weight excluding hydrogens is 381 g/mol. The second-order valence-electron chi connectivity index (χ2n) is 8.71. The molecule has 0 aromatic heterocycles. The number of cyclic esters (lactones) is 4.